The van der Waals surface area contributed by atoms with Gasteiger partial charge in [0.05, 0.1) is 23.3 Å². The van der Waals surface area contributed by atoms with Gasteiger partial charge in [0.1, 0.15) is 18.9 Å². The number of pyridine rings is 1. The maximum absolute atomic E-state index is 13.3. The third-order valence-corrected chi connectivity index (χ3v) is 6.21. The Morgan fingerprint density at radius 1 is 1.00 bits per heavy atom. The number of carbonyl (C=O) groups excluding carboxylic acids is 2. The predicted octanol–water partition coefficient (Wildman–Crippen LogP) is 2.97. The van der Waals surface area contributed by atoms with Gasteiger partial charge in [-0.2, -0.15) is 0 Å². The van der Waals surface area contributed by atoms with Crippen LogP contribution in [0.15, 0.2) is 53.3 Å². The number of ether oxygens (including phenoxy) is 1. The van der Waals surface area contributed by atoms with Gasteiger partial charge in [-0.1, -0.05) is 24.3 Å². The van der Waals surface area contributed by atoms with E-state index in [4.69, 9.17) is 4.74 Å². The van der Waals surface area contributed by atoms with E-state index in [0.29, 0.717) is 48.5 Å². The zero-order valence-electron chi connectivity index (χ0n) is 18.0. The van der Waals surface area contributed by atoms with Gasteiger partial charge in [0.2, 0.25) is 5.91 Å². The van der Waals surface area contributed by atoms with Crippen molar-refractivity contribution in [2.75, 3.05) is 31.1 Å². The third kappa shape index (κ3) is 3.53. The van der Waals surface area contributed by atoms with Gasteiger partial charge in [0.25, 0.3) is 11.5 Å². The molecule has 164 valence electrons. The number of hydrogen-bond donors (Lipinski definition) is 0. The van der Waals surface area contributed by atoms with Crippen molar-refractivity contribution in [2.45, 2.75) is 26.3 Å². The summed E-state index contributed by atoms with van der Waals surface area (Å²) in [6, 6.07) is 14.4. The summed E-state index contributed by atoms with van der Waals surface area (Å²) in [7, 11) is 0. The van der Waals surface area contributed by atoms with Gasteiger partial charge in [0, 0.05) is 24.5 Å². The van der Waals surface area contributed by atoms with E-state index in [9.17, 15) is 14.4 Å². The Morgan fingerprint density at radius 3 is 2.59 bits per heavy atom. The summed E-state index contributed by atoms with van der Waals surface area (Å²) in [4.78, 5) is 42.9. The number of para-hydroxylation sites is 1. The molecule has 0 spiro atoms. The Hall–Kier alpha value is -3.61. The van der Waals surface area contributed by atoms with Crippen LogP contribution in [0.3, 0.4) is 0 Å². The molecular weight excluding hydrogens is 406 g/mol. The molecule has 3 aromatic rings. The molecule has 0 atom stereocenters. The number of amides is 2. The van der Waals surface area contributed by atoms with Crippen molar-refractivity contribution < 1.29 is 14.3 Å². The molecular formula is C25H25N3O4. The van der Waals surface area contributed by atoms with E-state index < -0.39 is 0 Å². The van der Waals surface area contributed by atoms with Gasteiger partial charge in [-0.15, -0.1) is 0 Å². The minimum absolute atomic E-state index is 0.106. The summed E-state index contributed by atoms with van der Waals surface area (Å²) in [6.45, 7) is 4.11. The molecule has 3 heterocycles. The molecule has 2 aliphatic rings. The number of aromatic nitrogens is 1. The van der Waals surface area contributed by atoms with Crippen molar-refractivity contribution in [3.63, 3.8) is 0 Å². The Balaban J connectivity index is 1.52. The van der Waals surface area contributed by atoms with Crippen LogP contribution in [0.25, 0.3) is 10.9 Å². The predicted molar refractivity (Wildman–Crippen MR) is 122 cm³/mol. The van der Waals surface area contributed by atoms with Crippen LogP contribution in [-0.2, 0) is 11.3 Å². The topological polar surface area (TPSA) is 71.9 Å². The molecule has 2 aromatic carbocycles. The highest BCUT2D eigenvalue weighted by atomic mass is 16.5. The number of aryl methyl sites for hydroxylation is 1. The van der Waals surface area contributed by atoms with Crippen LogP contribution >= 0.6 is 0 Å². The Kier molecular flexibility index (Phi) is 5.17. The highest BCUT2D eigenvalue weighted by Gasteiger charge is 2.26. The van der Waals surface area contributed by atoms with Crippen LogP contribution in [0.2, 0.25) is 0 Å². The van der Waals surface area contributed by atoms with Crippen molar-refractivity contribution >= 4 is 28.4 Å². The zero-order chi connectivity index (χ0) is 22.2. The van der Waals surface area contributed by atoms with Gasteiger partial charge in [-0.25, -0.2) is 0 Å². The van der Waals surface area contributed by atoms with E-state index in [0.717, 1.165) is 24.1 Å². The zero-order valence-corrected chi connectivity index (χ0v) is 18.0. The van der Waals surface area contributed by atoms with E-state index in [1.54, 1.807) is 15.9 Å². The van der Waals surface area contributed by atoms with E-state index in [2.05, 4.69) is 0 Å². The van der Waals surface area contributed by atoms with E-state index >= 15 is 0 Å². The third-order valence-electron chi connectivity index (χ3n) is 6.21. The van der Waals surface area contributed by atoms with Crippen LogP contribution in [0.4, 0.5) is 5.69 Å². The molecule has 0 aliphatic carbocycles. The smallest absolute Gasteiger partial charge is 0.254 e. The molecule has 0 saturated carbocycles. The monoisotopic (exact) mass is 431 g/mol. The maximum Gasteiger partial charge on any atom is 0.254 e. The molecule has 0 radical (unpaired) electrons. The molecule has 0 N–H and O–H groups in total. The minimum atomic E-state index is -0.350. The molecule has 1 saturated heterocycles. The van der Waals surface area contributed by atoms with Gasteiger partial charge >= 0.3 is 0 Å². The van der Waals surface area contributed by atoms with Crippen molar-refractivity contribution in [2.24, 2.45) is 0 Å². The van der Waals surface area contributed by atoms with Crippen molar-refractivity contribution in [1.29, 1.82) is 0 Å². The molecule has 5 rings (SSSR count). The second-order valence-corrected chi connectivity index (χ2v) is 8.36. The molecule has 7 heteroatoms. The second kappa shape index (κ2) is 8.15. The SMILES string of the molecule is Cc1ccc2c(c1)N(C(=O)Cn1c(=O)cc(C(=O)N3CCCC3)c3ccccc31)CCO2. The van der Waals surface area contributed by atoms with Crippen LogP contribution in [0.1, 0.15) is 28.8 Å². The fourth-order valence-corrected chi connectivity index (χ4v) is 4.57. The molecule has 2 amide bonds. The number of likely N-dealkylation sites (tertiary alicyclic amines) is 1. The summed E-state index contributed by atoms with van der Waals surface area (Å²) in [6.07, 6.45) is 1.96. The molecule has 2 aliphatic heterocycles. The summed E-state index contributed by atoms with van der Waals surface area (Å²) >= 11 is 0. The summed E-state index contributed by atoms with van der Waals surface area (Å²) < 4.78 is 7.15. The van der Waals surface area contributed by atoms with Gasteiger partial charge in [0.15, 0.2) is 0 Å². The summed E-state index contributed by atoms with van der Waals surface area (Å²) in [5, 5.41) is 0.690. The lowest BCUT2D eigenvalue weighted by Gasteiger charge is -2.30. The highest BCUT2D eigenvalue weighted by Crippen LogP contribution is 2.32. The van der Waals surface area contributed by atoms with Crippen LogP contribution in [-0.4, -0.2) is 47.5 Å². The van der Waals surface area contributed by atoms with Crippen molar-refractivity contribution in [1.82, 2.24) is 9.47 Å². The molecule has 0 bridgehead atoms. The normalized spacial score (nSPS) is 15.5. The van der Waals surface area contributed by atoms with Gasteiger partial charge < -0.3 is 14.5 Å². The number of fused-ring (bicyclic) bond motifs is 2. The number of rotatable bonds is 3. The van der Waals surface area contributed by atoms with Crippen molar-refractivity contribution in [3.05, 3.63) is 70.0 Å². The highest BCUT2D eigenvalue weighted by molar-refractivity contribution is 6.06. The van der Waals surface area contributed by atoms with E-state index in [1.165, 1.54) is 10.6 Å². The first-order chi connectivity index (χ1) is 15.5. The standard InChI is InChI=1S/C25H25N3O4/c1-17-8-9-22-21(14-17)27(12-13-32-22)24(30)16-28-20-7-3-2-6-18(20)19(15-23(28)29)25(31)26-10-4-5-11-26/h2-3,6-9,14-15H,4-5,10-13,16H2,1H3. The lowest BCUT2D eigenvalue weighted by Crippen LogP contribution is -2.41. The molecule has 7 nitrogen and oxygen atoms in total. The average Bonchev–Trinajstić information content (AvgIpc) is 3.34. The van der Waals surface area contributed by atoms with Gasteiger partial charge in [-0.3, -0.25) is 19.0 Å². The van der Waals surface area contributed by atoms with Crippen LogP contribution in [0.5, 0.6) is 5.75 Å². The number of carbonyl (C=O) groups is 2. The van der Waals surface area contributed by atoms with Crippen molar-refractivity contribution in [3.8, 4) is 5.75 Å². The molecule has 32 heavy (non-hydrogen) atoms. The van der Waals surface area contributed by atoms with E-state index in [-0.39, 0.29) is 23.9 Å². The number of benzene rings is 2. The average molecular weight is 431 g/mol. The Morgan fingerprint density at radius 2 is 1.78 bits per heavy atom. The molecule has 1 aromatic heterocycles. The van der Waals surface area contributed by atoms with Gasteiger partial charge in [-0.05, 0) is 43.5 Å². The second-order valence-electron chi connectivity index (χ2n) is 8.36. The molecule has 0 unspecified atom stereocenters. The Bertz CT molecular complexity index is 1270. The van der Waals surface area contributed by atoms with Crippen LogP contribution in [0, 0.1) is 6.92 Å². The quantitative estimate of drug-likeness (QED) is 0.639. The maximum atomic E-state index is 13.3. The summed E-state index contributed by atoms with van der Waals surface area (Å²) in [5.74, 6) is 0.358. The largest absolute Gasteiger partial charge is 0.490 e. The lowest BCUT2D eigenvalue weighted by molar-refractivity contribution is -0.119. The first-order valence-electron chi connectivity index (χ1n) is 11.0. The fraction of sp³-hybridized carbons (Fsp3) is 0.320. The Labute approximate surface area is 185 Å². The van der Waals surface area contributed by atoms with E-state index in [1.807, 2.05) is 43.3 Å². The number of hydrogen-bond acceptors (Lipinski definition) is 4. The molecule has 1 fully saturated rings. The minimum Gasteiger partial charge on any atom is -0.490 e. The number of anilines is 1. The summed E-state index contributed by atoms with van der Waals surface area (Å²) in [5.41, 5.74) is 2.40. The fourth-order valence-electron chi connectivity index (χ4n) is 4.57. The first kappa shape index (κ1) is 20.3. The number of nitrogens with zero attached hydrogens (tertiary/aromatic N) is 3. The first-order valence-corrected chi connectivity index (χ1v) is 11.0. The lowest BCUT2D eigenvalue weighted by atomic mass is 10.1. The van der Waals surface area contributed by atoms with Crippen LogP contribution < -0.4 is 15.2 Å².